The molecule has 8 heteroatoms. The molecular formula is C28H28N2O5S. The Kier molecular flexibility index (Phi) is 6.08. The molecule has 0 amide bonds. The smallest absolute Gasteiger partial charge is 0.271 e. The fourth-order valence-electron chi connectivity index (χ4n) is 4.94. The van der Waals surface area contributed by atoms with Crippen molar-refractivity contribution in [1.29, 1.82) is 0 Å². The second kappa shape index (κ2) is 9.09. The zero-order chi connectivity index (χ0) is 25.6. The van der Waals surface area contributed by atoms with Crippen molar-refractivity contribution in [3.8, 4) is 17.2 Å². The van der Waals surface area contributed by atoms with E-state index in [0.717, 1.165) is 16.8 Å². The van der Waals surface area contributed by atoms with Crippen LogP contribution in [0, 0.1) is 5.41 Å². The normalized spacial score (nSPS) is 18.9. The number of hydrogen-bond acceptors (Lipinski definition) is 7. The predicted molar refractivity (Wildman–Crippen MR) is 139 cm³/mol. The lowest BCUT2D eigenvalue weighted by molar-refractivity contribution is -0.118. The second-order valence-electron chi connectivity index (χ2n) is 9.77. The van der Waals surface area contributed by atoms with E-state index in [1.165, 1.54) is 11.3 Å². The number of methoxy groups -OCH3 is 3. The van der Waals surface area contributed by atoms with Crippen LogP contribution < -0.4 is 29.1 Å². The lowest BCUT2D eigenvalue weighted by atomic mass is 9.73. The molecule has 0 N–H and O–H groups in total. The molecule has 5 rings (SSSR count). The highest BCUT2D eigenvalue weighted by molar-refractivity contribution is 7.07. The predicted octanol–water partition coefficient (Wildman–Crippen LogP) is 3.63. The quantitative estimate of drug-likeness (QED) is 0.530. The highest BCUT2D eigenvalue weighted by Gasteiger charge is 2.40. The molecule has 2 aliphatic rings. The maximum absolute atomic E-state index is 13.8. The number of benzene rings is 2. The van der Waals surface area contributed by atoms with Crippen LogP contribution in [0.2, 0.25) is 0 Å². The first-order valence-corrected chi connectivity index (χ1v) is 12.5. The number of carbonyl (C=O) groups is 1. The molecule has 1 atom stereocenters. The summed E-state index contributed by atoms with van der Waals surface area (Å²) >= 11 is 1.33. The van der Waals surface area contributed by atoms with Crippen molar-refractivity contribution in [1.82, 2.24) is 4.57 Å². The minimum Gasteiger partial charge on any atom is -0.497 e. The molecule has 0 saturated heterocycles. The Morgan fingerprint density at radius 2 is 1.69 bits per heavy atom. The molecule has 186 valence electrons. The topological polar surface area (TPSA) is 79.1 Å². The highest BCUT2D eigenvalue weighted by Crippen LogP contribution is 2.43. The van der Waals surface area contributed by atoms with Gasteiger partial charge in [0.05, 0.1) is 37.6 Å². The van der Waals surface area contributed by atoms with Gasteiger partial charge in [-0.1, -0.05) is 43.4 Å². The van der Waals surface area contributed by atoms with Crippen molar-refractivity contribution < 1.29 is 19.0 Å². The number of rotatable bonds is 5. The Hall–Kier alpha value is -3.65. The van der Waals surface area contributed by atoms with Crippen molar-refractivity contribution in [2.45, 2.75) is 32.7 Å². The van der Waals surface area contributed by atoms with Gasteiger partial charge < -0.3 is 14.2 Å². The molecule has 0 bridgehead atoms. The van der Waals surface area contributed by atoms with Gasteiger partial charge in [0.25, 0.3) is 5.56 Å². The van der Waals surface area contributed by atoms with E-state index in [1.807, 2.05) is 42.5 Å². The van der Waals surface area contributed by atoms with Crippen LogP contribution in [0.1, 0.15) is 43.9 Å². The monoisotopic (exact) mass is 504 g/mol. The number of nitrogens with zero attached hydrogens (tertiary/aromatic N) is 2. The van der Waals surface area contributed by atoms with Gasteiger partial charge >= 0.3 is 0 Å². The van der Waals surface area contributed by atoms with Gasteiger partial charge in [-0.25, -0.2) is 4.99 Å². The molecule has 7 nitrogen and oxygen atoms in total. The lowest BCUT2D eigenvalue weighted by Gasteiger charge is -2.35. The van der Waals surface area contributed by atoms with Gasteiger partial charge in [0.15, 0.2) is 22.1 Å². The Morgan fingerprint density at radius 1 is 0.972 bits per heavy atom. The zero-order valence-corrected chi connectivity index (χ0v) is 21.8. The van der Waals surface area contributed by atoms with Gasteiger partial charge in [0.1, 0.15) is 5.75 Å². The average Bonchev–Trinajstić information content (AvgIpc) is 3.16. The number of Topliss-reactive ketones (excluding diaryl/α,β-unsaturated/α-hetero) is 1. The summed E-state index contributed by atoms with van der Waals surface area (Å²) < 4.78 is 18.3. The lowest BCUT2D eigenvalue weighted by Crippen LogP contribution is -2.42. The summed E-state index contributed by atoms with van der Waals surface area (Å²) in [5, 5.41) is 0. The Balaban J connectivity index is 1.72. The third kappa shape index (κ3) is 4.15. The van der Waals surface area contributed by atoms with Crippen LogP contribution >= 0.6 is 11.3 Å². The summed E-state index contributed by atoms with van der Waals surface area (Å²) in [5.74, 6) is 1.95. The van der Waals surface area contributed by atoms with Crippen LogP contribution in [0.4, 0.5) is 0 Å². The van der Waals surface area contributed by atoms with Gasteiger partial charge in [0, 0.05) is 12.0 Å². The summed E-state index contributed by atoms with van der Waals surface area (Å²) in [6, 6.07) is 12.5. The molecule has 2 heterocycles. The van der Waals surface area contributed by atoms with Crippen molar-refractivity contribution in [2.75, 3.05) is 21.3 Å². The second-order valence-corrected chi connectivity index (χ2v) is 10.8. The molecule has 0 fully saturated rings. The molecule has 0 spiro atoms. The third-order valence-electron chi connectivity index (χ3n) is 6.63. The number of carbonyl (C=O) groups excluding carboxylic acids is 1. The Bertz CT molecular complexity index is 1560. The van der Waals surface area contributed by atoms with Gasteiger partial charge in [-0.05, 0) is 53.3 Å². The van der Waals surface area contributed by atoms with E-state index < -0.39 is 6.04 Å². The Morgan fingerprint density at radius 3 is 2.36 bits per heavy atom. The van der Waals surface area contributed by atoms with Crippen LogP contribution in [-0.2, 0) is 4.79 Å². The molecule has 1 aromatic heterocycles. The number of ketones is 1. The largest absolute Gasteiger partial charge is 0.497 e. The molecule has 1 aliphatic heterocycles. The molecule has 3 aromatic rings. The van der Waals surface area contributed by atoms with Crippen LogP contribution in [-0.4, -0.2) is 31.7 Å². The van der Waals surface area contributed by atoms with Gasteiger partial charge in [-0.2, -0.15) is 0 Å². The minimum atomic E-state index is -0.529. The van der Waals surface area contributed by atoms with E-state index in [4.69, 9.17) is 19.2 Å². The van der Waals surface area contributed by atoms with E-state index in [9.17, 15) is 9.59 Å². The standard InChI is InChI=1S/C28H28N2O5S/c1-28(2)14-19-24(20(31)15-28)25(17-7-9-18(33-3)10-8-17)30-26(32)23(36-27(30)29-19)13-16-6-11-21(34-4)22(12-16)35-5/h6-13,25H,14-15H2,1-5H3. The van der Waals surface area contributed by atoms with Crippen molar-refractivity contribution in [2.24, 2.45) is 10.4 Å². The number of allylic oxidation sites excluding steroid dienone is 2. The van der Waals surface area contributed by atoms with Gasteiger partial charge in [0.2, 0.25) is 0 Å². The van der Waals surface area contributed by atoms with Crippen LogP contribution in [0.15, 0.2) is 63.5 Å². The summed E-state index contributed by atoms with van der Waals surface area (Å²) in [7, 11) is 4.77. The van der Waals surface area contributed by atoms with Crippen LogP contribution in [0.25, 0.3) is 6.08 Å². The molecule has 2 aromatic carbocycles. The summed E-state index contributed by atoms with van der Waals surface area (Å²) in [6.07, 6.45) is 2.93. The number of fused-ring (bicyclic) bond motifs is 1. The van der Waals surface area contributed by atoms with Crippen molar-refractivity contribution in [3.63, 3.8) is 0 Å². The summed E-state index contributed by atoms with van der Waals surface area (Å²) in [6.45, 7) is 4.16. The van der Waals surface area contributed by atoms with Gasteiger partial charge in [-0.3, -0.25) is 14.2 Å². The van der Waals surface area contributed by atoms with E-state index in [0.29, 0.717) is 45.0 Å². The molecule has 1 unspecified atom stereocenters. The van der Waals surface area contributed by atoms with E-state index in [1.54, 1.807) is 32.0 Å². The fourth-order valence-corrected chi connectivity index (χ4v) is 5.96. The first kappa shape index (κ1) is 24.1. The third-order valence-corrected chi connectivity index (χ3v) is 7.62. The number of ether oxygens (including phenoxy) is 3. The van der Waals surface area contributed by atoms with E-state index >= 15 is 0 Å². The zero-order valence-electron chi connectivity index (χ0n) is 21.0. The van der Waals surface area contributed by atoms with Crippen LogP contribution in [0.3, 0.4) is 0 Å². The highest BCUT2D eigenvalue weighted by atomic mass is 32.1. The Labute approximate surface area is 213 Å². The summed E-state index contributed by atoms with van der Waals surface area (Å²) in [5.41, 5.74) is 2.68. The minimum absolute atomic E-state index is 0.0417. The summed E-state index contributed by atoms with van der Waals surface area (Å²) in [4.78, 5) is 32.6. The van der Waals surface area contributed by atoms with Gasteiger partial charge in [-0.15, -0.1) is 0 Å². The fraction of sp³-hybridized carbons (Fsp3) is 0.321. The van der Waals surface area contributed by atoms with Crippen LogP contribution in [0.5, 0.6) is 17.2 Å². The molecule has 0 saturated carbocycles. The first-order chi connectivity index (χ1) is 17.2. The number of hydrogen-bond donors (Lipinski definition) is 0. The average molecular weight is 505 g/mol. The van der Waals surface area contributed by atoms with Crippen molar-refractivity contribution >= 4 is 23.2 Å². The van der Waals surface area contributed by atoms with E-state index in [-0.39, 0.29) is 16.8 Å². The maximum atomic E-state index is 13.8. The number of thiazole rings is 1. The first-order valence-electron chi connectivity index (χ1n) is 11.7. The SMILES string of the molecule is COc1ccc(C2C3=C(CC(C)(C)CC3=O)N=c3sc(=Cc4ccc(OC)c(OC)c4)c(=O)n32)cc1. The molecule has 0 radical (unpaired) electrons. The molecule has 36 heavy (non-hydrogen) atoms. The van der Waals surface area contributed by atoms with Crippen molar-refractivity contribution in [3.05, 3.63) is 84.5 Å². The molecule has 1 aliphatic carbocycles. The number of aromatic nitrogens is 1. The maximum Gasteiger partial charge on any atom is 0.271 e. The van der Waals surface area contributed by atoms with E-state index in [2.05, 4.69) is 13.8 Å². The molecular weight excluding hydrogens is 476 g/mol.